The number of carbonyl (C=O) groups excluding carboxylic acids is 1. The zero-order valence-electron chi connectivity index (χ0n) is 8.58. The zero-order valence-corrected chi connectivity index (χ0v) is 8.58. The summed E-state index contributed by atoms with van der Waals surface area (Å²) in [5.74, 6) is -0.222. The van der Waals surface area contributed by atoms with Crippen LogP contribution in [-0.4, -0.2) is 5.91 Å². The summed E-state index contributed by atoms with van der Waals surface area (Å²) in [6, 6.07) is 6.91. The van der Waals surface area contributed by atoms with Crippen molar-refractivity contribution in [2.75, 3.05) is 11.1 Å². The Kier molecular flexibility index (Phi) is 5.87. The summed E-state index contributed by atoms with van der Waals surface area (Å²) in [6.07, 6.45) is 1.22. The largest absolute Gasteiger partial charge is 0.399 e. The first-order chi connectivity index (χ1) is 6.72. The van der Waals surface area contributed by atoms with Crippen LogP contribution in [0.4, 0.5) is 11.4 Å². The summed E-state index contributed by atoms with van der Waals surface area (Å²) in [7, 11) is 0. The van der Waals surface area contributed by atoms with Crippen molar-refractivity contribution in [3.63, 3.8) is 0 Å². The van der Waals surface area contributed by atoms with Gasteiger partial charge in [-0.2, -0.15) is 0 Å². The highest BCUT2D eigenvalue weighted by Crippen LogP contribution is 2.09. The maximum Gasteiger partial charge on any atom is 0.247 e. The second-order valence-electron chi connectivity index (χ2n) is 2.32. The zero-order chi connectivity index (χ0) is 11.0. The molecule has 0 aliphatic carbocycles. The lowest BCUT2D eigenvalue weighted by Gasteiger charge is -2.00. The molecular weight excluding hydrogens is 176 g/mol. The van der Waals surface area contributed by atoms with Crippen molar-refractivity contribution in [1.82, 2.24) is 0 Å². The van der Waals surface area contributed by atoms with Crippen molar-refractivity contribution in [1.29, 1.82) is 0 Å². The molecule has 0 atom stereocenters. The molecule has 3 N–H and O–H groups in total. The van der Waals surface area contributed by atoms with Gasteiger partial charge in [-0.1, -0.05) is 20.4 Å². The second kappa shape index (κ2) is 6.71. The van der Waals surface area contributed by atoms with Crippen molar-refractivity contribution in [2.24, 2.45) is 0 Å². The maximum atomic E-state index is 10.8. The summed E-state index contributed by atoms with van der Waals surface area (Å²) in [6.45, 7) is 7.34. The van der Waals surface area contributed by atoms with Gasteiger partial charge in [-0.3, -0.25) is 4.79 Å². The molecule has 0 heterocycles. The minimum atomic E-state index is -0.222. The number of hydrogen-bond donors (Lipinski definition) is 2. The number of nitrogen functional groups attached to an aromatic ring is 1. The van der Waals surface area contributed by atoms with Gasteiger partial charge in [0.15, 0.2) is 0 Å². The van der Waals surface area contributed by atoms with Crippen LogP contribution in [0.1, 0.15) is 13.8 Å². The minimum Gasteiger partial charge on any atom is -0.399 e. The normalized spacial score (nSPS) is 8.14. The monoisotopic (exact) mass is 192 g/mol. The Morgan fingerprint density at radius 2 is 1.86 bits per heavy atom. The highest BCUT2D eigenvalue weighted by atomic mass is 16.1. The number of carbonyl (C=O) groups is 1. The van der Waals surface area contributed by atoms with Crippen molar-refractivity contribution in [3.05, 3.63) is 36.9 Å². The second-order valence-corrected chi connectivity index (χ2v) is 2.32. The van der Waals surface area contributed by atoms with E-state index in [1.807, 2.05) is 13.8 Å². The standard InChI is InChI=1S/C9H10N2O.C2H6/c1-2-9(12)11-8-5-3-7(10)4-6-8;1-2/h2-6H,1,10H2,(H,11,12);1-2H3. The Bertz CT molecular complexity index is 291. The SMILES string of the molecule is C=CC(=O)Nc1ccc(N)cc1.CC. The van der Waals surface area contributed by atoms with Crippen LogP contribution >= 0.6 is 0 Å². The van der Waals surface area contributed by atoms with Gasteiger partial charge < -0.3 is 11.1 Å². The van der Waals surface area contributed by atoms with Gasteiger partial charge in [0.1, 0.15) is 0 Å². The molecule has 0 bridgehead atoms. The first kappa shape index (κ1) is 12.2. The number of nitrogens with one attached hydrogen (secondary N) is 1. The van der Waals surface area contributed by atoms with E-state index in [0.29, 0.717) is 11.4 Å². The third-order valence-electron chi connectivity index (χ3n) is 1.36. The van der Waals surface area contributed by atoms with Crippen molar-refractivity contribution in [3.8, 4) is 0 Å². The molecule has 0 spiro atoms. The van der Waals surface area contributed by atoms with E-state index in [1.165, 1.54) is 6.08 Å². The molecule has 14 heavy (non-hydrogen) atoms. The molecule has 1 amide bonds. The van der Waals surface area contributed by atoms with Gasteiger partial charge in [-0.05, 0) is 30.3 Å². The van der Waals surface area contributed by atoms with E-state index in [2.05, 4.69) is 11.9 Å². The molecule has 0 fully saturated rings. The van der Waals surface area contributed by atoms with Crippen LogP contribution in [0.3, 0.4) is 0 Å². The number of amides is 1. The number of nitrogens with two attached hydrogens (primary N) is 1. The van der Waals surface area contributed by atoms with Gasteiger partial charge in [0.25, 0.3) is 0 Å². The molecule has 3 nitrogen and oxygen atoms in total. The Balaban J connectivity index is 0.000000791. The van der Waals surface area contributed by atoms with Crippen LogP contribution in [0.15, 0.2) is 36.9 Å². The predicted molar refractivity (Wildman–Crippen MR) is 61.0 cm³/mol. The van der Waals surface area contributed by atoms with E-state index in [-0.39, 0.29) is 5.91 Å². The van der Waals surface area contributed by atoms with E-state index in [0.717, 1.165) is 0 Å². The maximum absolute atomic E-state index is 10.8. The van der Waals surface area contributed by atoms with E-state index in [1.54, 1.807) is 24.3 Å². The van der Waals surface area contributed by atoms with Crippen LogP contribution in [-0.2, 0) is 4.79 Å². The molecule has 0 aromatic heterocycles. The molecule has 3 heteroatoms. The predicted octanol–water partition coefficient (Wildman–Crippen LogP) is 2.42. The fourth-order valence-electron chi connectivity index (χ4n) is 0.760. The van der Waals surface area contributed by atoms with Gasteiger partial charge >= 0.3 is 0 Å². The van der Waals surface area contributed by atoms with E-state index < -0.39 is 0 Å². The first-order valence-electron chi connectivity index (χ1n) is 4.51. The summed E-state index contributed by atoms with van der Waals surface area (Å²) in [5, 5.41) is 2.61. The molecule has 76 valence electrons. The van der Waals surface area contributed by atoms with Crippen molar-refractivity contribution >= 4 is 17.3 Å². The fourth-order valence-corrected chi connectivity index (χ4v) is 0.760. The molecule has 1 aromatic rings. The quantitative estimate of drug-likeness (QED) is 0.558. The van der Waals surface area contributed by atoms with Crippen LogP contribution < -0.4 is 11.1 Å². The summed E-state index contributed by atoms with van der Waals surface area (Å²) in [5.41, 5.74) is 6.85. The Morgan fingerprint density at radius 3 is 2.29 bits per heavy atom. The third-order valence-corrected chi connectivity index (χ3v) is 1.36. The van der Waals surface area contributed by atoms with Gasteiger partial charge in [0.05, 0.1) is 0 Å². The molecule has 0 unspecified atom stereocenters. The van der Waals surface area contributed by atoms with Crippen LogP contribution in [0, 0.1) is 0 Å². The smallest absolute Gasteiger partial charge is 0.247 e. The Morgan fingerprint density at radius 1 is 1.36 bits per heavy atom. The average molecular weight is 192 g/mol. The van der Waals surface area contributed by atoms with E-state index >= 15 is 0 Å². The van der Waals surface area contributed by atoms with Gasteiger partial charge in [0.2, 0.25) is 5.91 Å². The van der Waals surface area contributed by atoms with Gasteiger partial charge in [-0.15, -0.1) is 0 Å². The van der Waals surface area contributed by atoms with Crippen molar-refractivity contribution in [2.45, 2.75) is 13.8 Å². The molecular formula is C11H16N2O. The van der Waals surface area contributed by atoms with Crippen molar-refractivity contribution < 1.29 is 4.79 Å². The molecule has 0 saturated carbocycles. The molecule has 0 aliphatic rings. The summed E-state index contributed by atoms with van der Waals surface area (Å²) < 4.78 is 0. The number of anilines is 2. The Hall–Kier alpha value is -1.77. The number of rotatable bonds is 2. The molecule has 0 radical (unpaired) electrons. The lowest BCUT2D eigenvalue weighted by molar-refractivity contribution is -0.111. The van der Waals surface area contributed by atoms with Crippen LogP contribution in [0.5, 0.6) is 0 Å². The lowest BCUT2D eigenvalue weighted by Crippen LogP contribution is -2.06. The number of benzene rings is 1. The highest BCUT2D eigenvalue weighted by Gasteiger charge is 1.94. The highest BCUT2D eigenvalue weighted by molar-refractivity contribution is 5.98. The van der Waals surface area contributed by atoms with Gasteiger partial charge in [0, 0.05) is 11.4 Å². The average Bonchev–Trinajstić information content (AvgIpc) is 2.24. The molecule has 0 saturated heterocycles. The molecule has 0 aliphatic heterocycles. The summed E-state index contributed by atoms with van der Waals surface area (Å²) >= 11 is 0. The lowest BCUT2D eigenvalue weighted by atomic mass is 10.3. The molecule has 1 aromatic carbocycles. The topological polar surface area (TPSA) is 55.1 Å². The van der Waals surface area contributed by atoms with Gasteiger partial charge in [-0.25, -0.2) is 0 Å². The number of hydrogen-bond acceptors (Lipinski definition) is 2. The fraction of sp³-hybridized carbons (Fsp3) is 0.182. The van der Waals surface area contributed by atoms with E-state index in [9.17, 15) is 4.79 Å². The summed E-state index contributed by atoms with van der Waals surface area (Å²) in [4.78, 5) is 10.8. The molecule has 1 rings (SSSR count). The minimum absolute atomic E-state index is 0.222. The van der Waals surface area contributed by atoms with Crippen LogP contribution in [0.25, 0.3) is 0 Å². The third kappa shape index (κ3) is 4.30. The van der Waals surface area contributed by atoms with E-state index in [4.69, 9.17) is 5.73 Å². The Labute approximate surface area is 84.6 Å². The van der Waals surface area contributed by atoms with Crippen LogP contribution in [0.2, 0.25) is 0 Å². The first-order valence-corrected chi connectivity index (χ1v) is 4.51.